The van der Waals surface area contributed by atoms with E-state index in [0.29, 0.717) is 11.6 Å². The van der Waals surface area contributed by atoms with Crippen molar-refractivity contribution in [2.75, 3.05) is 0 Å². The Bertz CT molecular complexity index is 820. The number of nitrogens with zero attached hydrogens (tertiary/aromatic N) is 1. The molecule has 23 heavy (non-hydrogen) atoms. The van der Waals surface area contributed by atoms with Gasteiger partial charge in [0.15, 0.2) is 4.34 Å². The molecule has 1 heterocycles. The molecule has 3 aromatic rings. The van der Waals surface area contributed by atoms with Crippen molar-refractivity contribution in [1.29, 1.82) is 0 Å². The summed E-state index contributed by atoms with van der Waals surface area (Å²) in [7, 11) is 0. The Balaban J connectivity index is 1.60. The molecule has 0 aliphatic heterocycles. The van der Waals surface area contributed by atoms with Crippen molar-refractivity contribution in [3.63, 3.8) is 0 Å². The highest BCUT2D eigenvalue weighted by molar-refractivity contribution is 8.02. The number of fused-ring (bicyclic) bond motifs is 1. The van der Waals surface area contributed by atoms with E-state index in [2.05, 4.69) is 10.3 Å². The third-order valence-corrected chi connectivity index (χ3v) is 5.75. The highest BCUT2D eigenvalue weighted by Crippen LogP contribution is 2.33. The SMILES string of the molecule is CC(Sc1nc2cc(Cl)ccc2s1)C(=O)NCc1ccccc1. The minimum absolute atomic E-state index is 0.0103. The van der Waals surface area contributed by atoms with Gasteiger partial charge in [-0.3, -0.25) is 4.79 Å². The number of carbonyl (C=O) groups excluding carboxylic acids is 1. The molecular weight excluding hydrogens is 348 g/mol. The predicted molar refractivity (Wildman–Crippen MR) is 98.2 cm³/mol. The summed E-state index contributed by atoms with van der Waals surface area (Å²) in [5, 5.41) is 3.43. The van der Waals surface area contributed by atoms with Crippen LogP contribution < -0.4 is 5.32 Å². The molecule has 0 fully saturated rings. The standard InChI is InChI=1S/C17H15ClN2OS2/c1-11(16(21)19-10-12-5-3-2-4-6-12)22-17-20-14-9-13(18)7-8-15(14)23-17/h2-9,11H,10H2,1H3,(H,19,21). The summed E-state index contributed by atoms with van der Waals surface area (Å²) < 4.78 is 1.96. The van der Waals surface area contributed by atoms with Crippen molar-refractivity contribution in [2.45, 2.75) is 23.1 Å². The first-order chi connectivity index (χ1) is 11.1. The number of rotatable bonds is 5. The molecule has 118 valence electrons. The largest absolute Gasteiger partial charge is 0.351 e. The number of hydrogen-bond acceptors (Lipinski definition) is 4. The van der Waals surface area contributed by atoms with Crippen LogP contribution in [0.25, 0.3) is 10.2 Å². The van der Waals surface area contributed by atoms with Gasteiger partial charge in [0.25, 0.3) is 0 Å². The third-order valence-electron chi connectivity index (χ3n) is 3.29. The van der Waals surface area contributed by atoms with Crippen LogP contribution in [0, 0.1) is 0 Å². The summed E-state index contributed by atoms with van der Waals surface area (Å²) >= 11 is 9.03. The van der Waals surface area contributed by atoms with E-state index in [1.807, 2.05) is 55.5 Å². The van der Waals surface area contributed by atoms with Crippen molar-refractivity contribution < 1.29 is 4.79 Å². The molecule has 0 spiro atoms. The van der Waals surface area contributed by atoms with Crippen LogP contribution in [-0.2, 0) is 11.3 Å². The maximum Gasteiger partial charge on any atom is 0.233 e. The molecule has 0 saturated carbocycles. The van der Waals surface area contributed by atoms with Gasteiger partial charge in [-0.05, 0) is 30.7 Å². The van der Waals surface area contributed by atoms with Crippen LogP contribution >= 0.6 is 34.7 Å². The zero-order valence-corrected chi connectivity index (χ0v) is 14.8. The van der Waals surface area contributed by atoms with Gasteiger partial charge in [-0.2, -0.15) is 0 Å². The van der Waals surface area contributed by atoms with Crippen LogP contribution in [0.4, 0.5) is 0 Å². The molecule has 1 unspecified atom stereocenters. The van der Waals surface area contributed by atoms with Crippen LogP contribution in [0.2, 0.25) is 5.02 Å². The fourth-order valence-electron chi connectivity index (χ4n) is 2.06. The van der Waals surface area contributed by atoms with Gasteiger partial charge in [0.1, 0.15) is 0 Å². The van der Waals surface area contributed by atoms with E-state index in [0.717, 1.165) is 20.1 Å². The van der Waals surface area contributed by atoms with Gasteiger partial charge in [-0.1, -0.05) is 53.7 Å². The second-order valence-electron chi connectivity index (χ2n) is 5.06. The normalized spacial score (nSPS) is 12.3. The minimum atomic E-state index is -0.199. The maximum absolute atomic E-state index is 12.2. The van der Waals surface area contributed by atoms with Gasteiger partial charge in [0, 0.05) is 11.6 Å². The van der Waals surface area contributed by atoms with Crippen molar-refractivity contribution in [1.82, 2.24) is 10.3 Å². The molecule has 0 radical (unpaired) electrons. The van der Waals surface area contributed by atoms with E-state index < -0.39 is 0 Å². The summed E-state index contributed by atoms with van der Waals surface area (Å²) in [6.45, 7) is 2.43. The molecule has 3 rings (SSSR count). The number of thiazole rings is 1. The van der Waals surface area contributed by atoms with Crippen LogP contribution in [0.3, 0.4) is 0 Å². The number of amides is 1. The number of benzene rings is 2. The zero-order chi connectivity index (χ0) is 16.2. The molecule has 1 amide bonds. The molecule has 3 nitrogen and oxygen atoms in total. The molecule has 1 N–H and O–H groups in total. The molecule has 0 aliphatic carbocycles. The monoisotopic (exact) mass is 362 g/mol. The van der Waals surface area contributed by atoms with Crippen LogP contribution in [-0.4, -0.2) is 16.1 Å². The summed E-state index contributed by atoms with van der Waals surface area (Å²) in [4.78, 5) is 16.7. The van der Waals surface area contributed by atoms with Gasteiger partial charge >= 0.3 is 0 Å². The van der Waals surface area contributed by atoms with Gasteiger partial charge < -0.3 is 5.32 Å². The van der Waals surface area contributed by atoms with Crippen molar-refractivity contribution in [3.8, 4) is 0 Å². The van der Waals surface area contributed by atoms with E-state index in [4.69, 9.17) is 11.6 Å². The Hall–Kier alpha value is -1.56. The first-order valence-electron chi connectivity index (χ1n) is 7.16. The molecule has 6 heteroatoms. The number of carbonyl (C=O) groups is 1. The molecule has 2 aromatic carbocycles. The lowest BCUT2D eigenvalue weighted by Crippen LogP contribution is -2.30. The van der Waals surface area contributed by atoms with Crippen LogP contribution in [0.1, 0.15) is 12.5 Å². The van der Waals surface area contributed by atoms with Crippen LogP contribution in [0.5, 0.6) is 0 Å². The molecule has 0 aliphatic rings. The fourth-order valence-corrected chi connectivity index (χ4v) is 4.45. The quantitative estimate of drug-likeness (QED) is 0.666. The van der Waals surface area contributed by atoms with Crippen molar-refractivity contribution in [3.05, 3.63) is 59.1 Å². The van der Waals surface area contributed by atoms with E-state index in [1.54, 1.807) is 11.3 Å². The summed E-state index contributed by atoms with van der Waals surface area (Å²) in [5.74, 6) is 0.0103. The summed E-state index contributed by atoms with van der Waals surface area (Å²) in [6, 6.07) is 15.5. The second kappa shape index (κ2) is 7.34. The average Bonchev–Trinajstić information content (AvgIpc) is 2.94. The molecular formula is C17H15ClN2OS2. The van der Waals surface area contributed by atoms with Gasteiger partial charge in [0.2, 0.25) is 5.91 Å². The van der Waals surface area contributed by atoms with E-state index in [9.17, 15) is 4.79 Å². The highest BCUT2D eigenvalue weighted by Gasteiger charge is 2.16. The maximum atomic E-state index is 12.2. The second-order valence-corrected chi connectivity index (χ2v) is 8.11. The van der Waals surface area contributed by atoms with E-state index in [1.165, 1.54) is 11.8 Å². The summed E-state index contributed by atoms with van der Waals surface area (Å²) in [5.41, 5.74) is 1.97. The van der Waals surface area contributed by atoms with Gasteiger partial charge in [0.05, 0.1) is 15.5 Å². The Morgan fingerprint density at radius 2 is 2.09 bits per heavy atom. The predicted octanol–water partition coefficient (Wildman–Crippen LogP) is 4.75. The lowest BCUT2D eigenvalue weighted by molar-refractivity contribution is -0.120. The summed E-state index contributed by atoms with van der Waals surface area (Å²) in [6.07, 6.45) is 0. The van der Waals surface area contributed by atoms with E-state index in [-0.39, 0.29) is 11.2 Å². The van der Waals surface area contributed by atoms with Gasteiger partial charge in [-0.15, -0.1) is 11.3 Å². The van der Waals surface area contributed by atoms with Gasteiger partial charge in [-0.25, -0.2) is 4.98 Å². The smallest absolute Gasteiger partial charge is 0.233 e. The third kappa shape index (κ3) is 4.25. The highest BCUT2D eigenvalue weighted by atomic mass is 35.5. The lowest BCUT2D eigenvalue weighted by Gasteiger charge is -2.10. The van der Waals surface area contributed by atoms with Crippen molar-refractivity contribution >= 4 is 50.8 Å². The van der Waals surface area contributed by atoms with Crippen molar-refractivity contribution in [2.24, 2.45) is 0 Å². The Kier molecular flexibility index (Phi) is 5.20. The number of hydrogen-bond donors (Lipinski definition) is 1. The molecule has 0 bridgehead atoms. The fraction of sp³-hybridized carbons (Fsp3) is 0.176. The first-order valence-corrected chi connectivity index (χ1v) is 9.23. The molecule has 1 atom stereocenters. The van der Waals surface area contributed by atoms with Crippen LogP contribution in [0.15, 0.2) is 52.9 Å². The Morgan fingerprint density at radius 3 is 2.87 bits per heavy atom. The van der Waals surface area contributed by atoms with E-state index >= 15 is 0 Å². The minimum Gasteiger partial charge on any atom is -0.351 e. The number of halogens is 1. The Labute approximate surface area is 148 Å². The average molecular weight is 363 g/mol. The number of aromatic nitrogens is 1. The number of thioether (sulfide) groups is 1. The zero-order valence-electron chi connectivity index (χ0n) is 12.5. The lowest BCUT2D eigenvalue weighted by atomic mass is 10.2. The molecule has 1 aromatic heterocycles. The molecule has 0 saturated heterocycles. The first kappa shape index (κ1) is 16.3. The number of nitrogens with one attached hydrogen (secondary N) is 1. The topological polar surface area (TPSA) is 42.0 Å². The Morgan fingerprint density at radius 1 is 1.30 bits per heavy atom.